The maximum absolute atomic E-state index is 12.4. The molecule has 2 rings (SSSR count). The van der Waals surface area contributed by atoms with Gasteiger partial charge in [-0.1, -0.05) is 31.2 Å². The maximum atomic E-state index is 12.4. The first-order valence-corrected chi connectivity index (χ1v) is 6.68. The molecule has 5 heteroatoms. The number of carboxylic acids is 1. The topological polar surface area (TPSA) is 66.8 Å². The fourth-order valence-electron chi connectivity index (χ4n) is 2.38. The molecule has 0 aromatic heterocycles. The minimum absolute atomic E-state index is 0.177. The predicted molar refractivity (Wildman–Crippen MR) is 73.3 cm³/mol. The molecule has 0 saturated heterocycles. The van der Waals surface area contributed by atoms with E-state index in [1.165, 1.54) is 4.90 Å². The SMILES string of the molecule is C[C@@H](CN(C)C(=O)[C@@H]1OCCc2ccccc21)C(=O)O. The van der Waals surface area contributed by atoms with Gasteiger partial charge < -0.3 is 14.7 Å². The molecule has 0 spiro atoms. The molecule has 0 unspecified atom stereocenters. The number of aliphatic carboxylic acids is 1. The monoisotopic (exact) mass is 277 g/mol. The van der Waals surface area contributed by atoms with Crippen molar-refractivity contribution in [2.75, 3.05) is 20.2 Å². The summed E-state index contributed by atoms with van der Waals surface area (Å²) in [5.41, 5.74) is 2.01. The first-order chi connectivity index (χ1) is 9.50. The van der Waals surface area contributed by atoms with E-state index in [-0.39, 0.29) is 12.5 Å². The van der Waals surface area contributed by atoms with Crippen molar-refractivity contribution in [3.8, 4) is 0 Å². The van der Waals surface area contributed by atoms with Crippen LogP contribution in [0, 0.1) is 5.92 Å². The van der Waals surface area contributed by atoms with Gasteiger partial charge in [0.25, 0.3) is 5.91 Å². The van der Waals surface area contributed by atoms with Gasteiger partial charge in [-0.3, -0.25) is 9.59 Å². The van der Waals surface area contributed by atoms with Crippen LogP contribution in [0.3, 0.4) is 0 Å². The molecular weight excluding hydrogens is 258 g/mol. The number of ether oxygens (including phenoxy) is 1. The van der Waals surface area contributed by atoms with Gasteiger partial charge in [0.15, 0.2) is 6.10 Å². The summed E-state index contributed by atoms with van der Waals surface area (Å²) in [6.45, 7) is 2.27. The fraction of sp³-hybridized carbons (Fsp3) is 0.467. The number of hydrogen-bond donors (Lipinski definition) is 1. The van der Waals surface area contributed by atoms with E-state index < -0.39 is 18.0 Å². The first-order valence-electron chi connectivity index (χ1n) is 6.68. The number of carbonyl (C=O) groups is 2. The number of likely N-dealkylation sites (N-methyl/N-ethyl adjacent to an activating group) is 1. The molecule has 1 aliphatic heterocycles. The molecule has 20 heavy (non-hydrogen) atoms. The Bertz CT molecular complexity index is 514. The van der Waals surface area contributed by atoms with Crippen LogP contribution in [0.5, 0.6) is 0 Å². The second-order valence-corrected chi connectivity index (χ2v) is 5.16. The van der Waals surface area contributed by atoms with Crippen molar-refractivity contribution in [3.63, 3.8) is 0 Å². The van der Waals surface area contributed by atoms with E-state index >= 15 is 0 Å². The summed E-state index contributed by atoms with van der Waals surface area (Å²) in [6.07, 6.45) is 0.181. The van der Waals surface area contributed by atoms with Crippen LogP contribution in [0.4, 0.5) is 0 Å². The molecule has 108 valence electrons. The van der Waals surface area contributed by atoms with Gasteiger partial charge in [0.05, 0.1) is 12.5 Å². The quantitative estimate of drug-likeness (QED) is 0.905. The average molecular weight is 277 g/mol. The average Bonchev–Trinajstić information content (AvgIpc) is 2.45. The number of benzene rings is 1. The fourth-order valence-corrected chi connectivity index (χ4v) is 2.38. The summed E-state index contributed by atoms with van der Waals surface area (Å²) in [5, 5.41) is 8.91. The number of rotatable bonds is 4. The first kappa shape index (κ1) is 14.5. The highest BCUT2D eigenvalue weighted by Crippen LogP contribution is 2.28. The Balaban J connectivity index is 2.12. The lowest BCUT2D eigenvalue weighted by Crippen LogP contribution is -2.39. The van der Waals surface area contributed by atoms with Crippen LogP contribution in [0.2, 0.25) is 0 Å². The second kappa shape index (κ2) is 6.05. The van der Waals surface area contributed by atoms with Crippen LogP contribution in [0.1, 0.15) is 24.2 Å². The van der Waals surface area contributed by atoms with Crippen LogP contribution in [-0.4, -0.2) is 42.1 Å². The molecule has 5 nitrogen and oxygen atoms in total. The molecule has 0 bridgehead atoms. The van der Waals surface area contributed by atoms with Gasteiger partial charge in [0.2, 0.25) is 0 Å². The van der Waals surface area contributed by atoms with Crippen LogP contribution in [-0.2, 0) is 20.7 Å². The molecule has 0 fully saturated rings. The summed E-state index contributed by atoms with van der Waals surface area (Å²) < 4.78 is 5.59. The maximum Gasteiger partial charge on any atom is 0.308 e. The van der Waals surface area contributed by atoms with Gasteiger partial charge in [0, 0.05) is 13.6 Å². The minimum atomic E-state index is -0.908. The molecule has 1 aromatic carbocycles. The number of hydrogen-bond acceptors (Lipinski definition) is 3. The lowest BCUT2D eigenvalue weighted by Gasteiger charge is -2.29. The van der Waals surface area contributed by atoms with Crippen LogP contribution in [0.15, 0.2) is 24.3 Å². The van der Waals surface area contributed by atoms with Crippen LogP contribution in [0.25, 0.3) is 0 Å². The zero-order valence-corrected chi connectivity index (χ0v) is 11.7. The van der Waals surface area contributed by atoms with Gasteiger partial charge in [-0.15, -0.1) is 0 Å². The summed E-state index contributed by atoms with van der Waals surface area (Å²) in [7, 11) is 1.61. The molecule has 1 aliphatic rings. The molecular formula is C15H19NO4. The lowest BCUT2D eigenvalue weighted by molar-refractivity contribution is -0.147. The van der Waals surface area contributed by atoms with Crippen molar-refractivity contribution in [3.05, 3.63) is 35.4 Å². The lowest BCUT2D eigenvalue weighted by atomic mass is 9.96. The van der Waals surface area contributed by atoms with Crippen LogP contribution >= 0.6 is 0 Å². The van der Waals surface area contributed by atoms with Gasteiger partial charge in [-0.05, 0) is 17.5 Å². The van der Waals surface area contributed by atoms with E-state index in [0.29, 0.717) is 6.61 Å². The normalized spacial score (nSPS) is 19.0. The largest absolute Gasteiger partial charge is 0.481 e. The Hall–Kier alpha value is -1.88. The van der Waals surface area contributed by atoms with Crippen molar-refractivity contribution < 1.29 is 19.4 Å². The smallest absolute Gasteiger partial charge is 0.308 e. The van der Waals surface area contributed by atoms with Crippen molar-refractivity contribution in [1.82, 2.24) is 4.90 Å². The van der Waals surface area contributed by atoms with E-state index in [0.717, 1.165) is 17.5 Å². The summed E-state index contributed by atoms with van der Waals surface area (Å²) >= 11 is 0. The van der Waals surface area contributed by atoms with Crippen molar-refractivity contribution in [1.29, 1.82) is 0 Å². The van der Waals surface area contributed by atoms with Crippen molar-refractivity contribution >= 4 is 11.9 Å². The number of fused-ring (bicyclic) bond motifs is 1. The number of carbonyl (C=O) groups excluding carboxylic acids is 1. The second-order valence-electron chi connectivity index (χ2n) is 5.16. The minimum Gasteiger partial charge on any atom is -0.481 e. The van der Waals surface area contributed by atoms with Crippen molar-refractivity contribution in [2.24, 2.45) is 5.92 Å². The Labute approximate surface area is 118 Å². The molecule has 1 heterocycles. The molecule has 1 N–H and O–H groups in total. The van der Waals surface area contributed by atoms with Gasteiger partial charge in [-0.25, -0.2) is 0 Å². The van der Waals surface area contributed by atoms with Crippen LogP contribution < -0.4 is 0 Å². The van der Waals surface area contributed by atoms with E-state index in [1.54, 1.807) is 14.0 Å². The molecule has 0 aliphatic carbocycles. The summed E-state index contributed by atoms with van der Waals surface area (Å²) in [5.74, 6) is -1.69. The Morgan fingerprint density at radius 2 is 2.15 bits per heavy atom. The molecule has 0 saturated carbocycles. The highest BCUT2D eigenvalue weighted by molar-refractivity contribution is 5.83. The zero-order valence-electron chi connectivity index (χ0n) is 11.7. The standard InChI is InChI=1S/C15H19NO4/c1-10(15(18)19)9-16(2)14(17)13-12-6-4-3-5-11(12)7-8-20-13/h3-6,10,13H,7-9H2,1-2H3,(H,18,19)/t10-,13+/m0/s1. The molecule has 2 atom stereocenters. The van der Waals surface area contributed by atoms with E-state index in [1.807, 2.05) is 24.3 Å². The van der Waals surface area contributed by atoms with Gasteiger partial charge in [0.1, 0.15) is 0 Å². The van der Waals surface area contributed by atoms with Gasteiger partial charge in [-0.2, -0.15) is 0 Å². The third kappa shape index (κ3) is 2.99. The number of amides is 1. The van der Waals surface area contributed by atoms with E-state index in [9.17, 15) is 9.59 Å². The van der Waals surface area contributed by atoms with Gasteiger partial charge >= 0.3 is 5.97 Å². The van der Waals surface area contributed by atoms with E-state index in [2.05, 4.69) is 0 Å². The van der Waals surface area contributed by atoms with E-state index in [4.69, 9.17) is 9.84 Å². The Morgan fingerprint density at radius 3 is 2.85 bits per heavy atom. The highest BCUT2D eigenvalue weighted by atomic mass is 16.5. The summed E-state index contributed by atoms with van der Waals surface area (Å²) in [6, 6.07) is 7.72. The summed E-state index contributed by atoms with van der Waals surface area (Å²) in [4.78, 5) is 24.7. The molecule has 0 radical (unpaired) electrons. The zero-order chi connectivity index (χ0) is 14.7. The highest BCUT2D eigenvalue weighted by Gasteiger charge is 2.30. The van der Waals surface area contributed by atoms with Crippen molar-refractivity contribution in [2.45, 2.75) is 19.4 Å². The third-order valence-corrected chi connectivity index (χ3v) is 3.56. The Morgan fingerprint density at radius 1 is 1.45 bits per heavy atom. The molecule has 1 amide bonds. The Kier molecular flexibility index (Phi) is 4.39. The third-order valence-electron chi connectivity index (χ3n) is 3.56. The predicted octanol–water partition coefficient (Wildman–Crippen LogP) is 1.48. The molecule has 1 aromatic rings. The number of carboxylic acid groups (broad SMARTS) is 1. The number of nitrogens with zero attached hydrogens (tertiary/aromatic N) is 1.